The standard InChI is InChI=1S/C23H30N6O4/c1-3-19-15-33-23(32)29(19)20-8-9-24-21(26-20)25-16(2)18-6-4-17(5-7-18)14-27-10-12-28(13-11-27)22(30)31/h4-9,16,19H,3,10-15H2,1-2H3,(H,30,31)(H,24,25,26)/t16-,19?/m0/s1. The molecule has 0 saturated carbocycles. The summed E-state index contributed by atoms with van der Waals surface area (Å²) < 4.78 is 5.17. The highest BCUT2D eigenvalue weighted by Crippen LogP contribution is 2.25. The number of carbonyl (C=O) groups excluding carboxylic acids is 1. The molecule has 33 heavy (non-hydrogen) atoms. The van der Waals surface area contributed by atoms with E-state index in [-0.39, 0.29) is 18.2 Å². The van der Waals surface area contributed by atoms with Crippen LogP contribution in [0.3, 0.4) is 0 Å². The number of nitrogens with zero attached hydrogens (tertiary/aromatic N) is 5. The van der Waals surface area contributed by atoms with E-state index in [4.69, 9.17) is 9.84 Å². The Labute approximate surface area is 193 Å². The van der Waals surface area contributed by atoms with Gasteiger partial charge in [-0.05, 0) is 30.5 Å². The molecule has 2 atom stereocenters. The molecule has 2 saturated heterocycles. The lowest BCUT2D eigenvalue weighted by molar-refractivity contribution is 0.103. The van der Waals surface area contributed by atoms with Crippen LogP contribution in [0, 0.1) is 0 Å². The first-order valence-corrected chi connectivity index (χ1v) is 11.3. The molecule has 1 unspecified atom stereocenters. The number of nitrogens with one attached hydrogen (secondary N) is 1. The quantitative estimate of drug-likeness (QED) is 0.656. The number of ether oxygens (including phenoxy) is 1. The number of piperazine rings is 1. The van der Waals surface area contributed by atoms with Crippen LogP contribution in [0.15, 0.2) is 36.5 Å². The van der Waals surface area contributed by atoms with Crippen LogP contribution in [0.25, 0.3) is 0 Å². The predicted molar refractivity (Wildman–Crippen MR) is 123 cm³/mol. The van der Waals surface area contributed by atoms with Gasteiger partial charge in [0.15, 0.2) is 0 Å². The van der Waals surface area contributed by atoms with Crippen molar-refractivity contribution < 1.29 is 19.4 Å². The highest BCUT2D eigenvalue weighted by Gasteiger charge is 2.34. The molecule has 2 N–H and O–H groups in total. The number of amides is 2. The fourth-order valence-corrected chi connectivity index (χ4v) is 4.14. The molecule has 4 rings (SSSR count). The third kappa shape index (κ3) is 5.33. The molecular formula is C23H30N6O4. The highest BCUT2D eigenvalue weighted by molar-refractivity contribution is 5.89. The maximum Gasteiger partial charge on any atom is 0.415 e. The van der Waals surface area contributed by atoms with Gasteiger partial charge in [0, 0.05) is 38.9 Å². The van der Waals surface area contributed by atoms with Crippen LogP contribution in [-0.2, 0) is 11.3 Å². The Morgan fingerprint density at radius 2 is 1.94 bits per heavy atom. The Hall–Kier alpha value is -3.40. The minimum Gasteiger partial charge on any atom is -0.465 e. The fraction of sp³-hybridized carbons (Fsp3) is 0.478. The second-order valence-corrected chi connectivity index (χ2v) is 8.40. The Bertz CT molecular complexity index is 977. The Morgan fingerprint density at radius 3 is 2.61 bits per heavy atom. The van der Waals surface area contributed by atoms with Gasteiger partial charge < -0.3 is 20.1 Å². The summed E-state index contributed by atoms with van der Waals surface area (Å²) in [6.45, 7) is 7.79. The van der Waals surface area contributed by atoms with Crippen LogP contribution in [0.2, 0.25) is 0 Å². The van der Waals surface area contributed by atoms with Crippen LogP contribution >= 0.6 is 0 Å². The first-order valence-electron chi connectivity index (χ1n) is 11.3. The maximum atomic E-state index is 12.1. The number of carboxylic acid groups (broad SMARTS) is 1. The number of anilines is 2. The third-order valence-corrected chi connectivity index (χ3v) is 6.19. The molecule has 3 heterocycles. The molecule has 0 bridgehead atoms. The van der Waals surface area contributed by atoms with Gasteiger partial charge in [0.05, 0.1) is 12.1 Å². The van der Waals surface area contributed by atoms with Crippen LogP contribution in [0.4, 0.5) is 21.4 Å². The summed E-state index contributed by atoms with van der Waals surface area (Å²) in [6.07, 6.45) is 1.21. The van der Waals surface area contributed by atoms with Gasteiger partial charge in [0.2, 0.25) is 5.95 Å². The highest BCUT2D eigenvalue weighted by atomic mass is 16.6. The monoisotopic (exact) mass is 454 g/mol. The summed E-state index contributed by atoms with van der Waals surface area (Å²) in [4.78, 5) is 37.3. The second kappa shape index (κ2) is 10.0. The van der Waals surface area contributed by atoms with E-state index >= 15 is 0 Å². The van der Waals surface area contributed by atoms with E-state index in [1.54, 1.807) is 17.2 Å². The number of carbonyl (C=O) groups is 2. The van der Waals surface area contributed by atoms with E-state index < -0.39 is 6.09 Å². The second-order valence-electron chi connectivity index (χ2n) is 8.40. The fourth-order valence-electron chi connectivity index (χ4n) is 4.14. The number of aromatic nitrogens is 2. The van der Waals surface area contributed by atoms with Gasteiger partial charge in [0.1, 0.15) is 12.4 Å². The molecule has 2 amide bonds. The zero-order valence-corrected chi connectivity index (χ0v) is 19.0. The molecule has 2 aliphatic rings. The van der Waals surface area contributed by atoms with Crippen molar-refractivity contribution in [3.63, 3.8) is 0 Å². The van der Waals surface area contributed by atoms with Crippen LogP contribution in [0.1, 0.15) is 37.4 Å². The smallest absolute Gasteiger partial charge is 0.415 e. The first kappa shape index (κ1) is 22.8. The first-order chi connectivity index (χ1) is 15.9. The molecule has 0 aliphatic carbocycles. The molecule has 0 radical (unpaired) electrons. The van der Waals surface area contributed by atoms with Gasteiger partial charge in [-0.15, -0.1) is 0 Å². The zero-order chi connectivity index (χ0) is 23.4. The summed E-state index contributed by atoms with van der Waals surface area (Å²) in [5.74, 6) is 0.988. The van der Waals surface area contributed by atoms with E-state index in [1.165, 1.54) is 10.5 Å². The number of hydrogen-bond donors (Lipinski definition) is 2. The SMILES string of the molecule is CCC1COC(=O)N1c1ccnc(N[C@@H](C)c2ccc(CN3CCN(C(=O)O)CC3)cc2)n1. The Morgan fingerprint density at radius 1 is 1.21 bits per heavy atom. The van der Waals surface area contributed by atoms with E-state index in [0.29, 0.717) is 31.5 Å². The summed E-state index contributed by atoms with van der Waals surface area (Å²) in [5.41, 5.74) is 2.28. The van der Waals surface area contributed by atoms with Crippen LogP contribution in [-0.4, -0.2) is 75.9 Å². The predicted octanol–water partition coefficient (Wildman–Crippen LogP) is 3.18. The third-order valence-electron chi connectivity index (χ3n) is 6.19. The molecule has 10 heteroatoms. The summed E-state index contributed by atoms with van der Waals surface area (Å²) in [5, 5.41) is 12.4. The lowest BCUT2D eigenvalue weighted by Crippen LogP contribution is -2.47. The molecule has 2 fully saturated rings. The zero-order valence-electron chi connectivity index (χ0n) is 19.0. The van der Waals surface area contributed by atoms with Crippen LogP contribution < -0.4 is 10.2 Å². The van der Waals surface area contributed by atoms with E-state index in [1.807, 2.05) is 13.8 Å². The number of rotatable bonds is 7. The number of benzene rings is 1. The molecule has 1 aromatic heterocycles. The Balaban J connectivity index is 1.35. The summed E-state index contributed by atoms with van der Waals surface area (Å²) in [7, 11) is 0. The van der Waals surface area contributed by atoms with Crippen molar-refractivity contribution in [2.45, 2.75) is 38.9 Å². The van der Waals surface area contributed by atoms with Gasteiger partial charge in [-0.25, -0.2) is 14.6 Å². The van der Waals surface area contributed by atoms with Crippen molar-refractivity contribution in [2.24, 2.45) is 0 Å². The van der Waals surface area contributed by atoms with Crippen molar-refractivity contribution in [3.8, 4) is 0 Å². The van der Waals surface area contributed by atoms with Gasteiger partial charge in [-0.3, -0.25) is 9.80 Å². The lowest BCUT2D eigenvalue weighted by atomic mass is 10.1. The molecule has 176 valence electrons. The summed E-state index contributed by atoms with van der Waals surface area (Å²) >= 11 is 0. The van der Waals surface area contributed by atoms with E-state index in [0.717, 1.165) is 31.6 Å². The topological polar surface area (TPSA) is 111 Å². The Kier molecular flexibility index (Phi) is 6.93. The van der Waals surface area contributed by atoms with Gasteiger partial charge in [-0.1, -0.05) is 31.2 Å². The van der Waals surface area contributed by atoms with Gasteiger partial charge in [0.25, 0.3) is 0 Å². The average molecular weight is 455 g/mol. The van der Waals surface area contributed by atoms with Crippen molar-refractivity contribution in [1.82, 2.24) is 19.8 Å². The molecular weight excluding hydrogens is 424 g/mol. The minimum absolute atomic E-state index is 0.0164. The maximum absolute atomic E-state index is 12.1. The number of hydrogen-bond acceptors (Lipinski definition) is 7. The van der Waals surface area contributed by atoms with Gasteiger partial charge >= 0.3 is 12.2 Å². The lowest BCUT2D eigenvalue weighted by Gasteiger charge is -2.33. The number of cyclic esters (lactones) is 1. The molecule has 1 aromatic carbocycles. The van der Waals surface area contributed by atoms with E-state index in [2.05, 4.69) is 44.5 Å². The minimum atomic E-state index is -0.847. The average Bonchev–Trinajstić information content (AvgIpc) is 3.20. The van der Waals surface area contributed by atoms with Crippen molar-refractivity contribution in [2.75, 3.05) is 43.0 Å². The molecule has 0 spiro atoms. The van der Waals surface area contributed by atoms with E-state index in [9.17, 15) is 9.59 Å². The summed E-state index contributed by atoms with van der Waals surface area (Å²) in [6, 6.07) is 10.0. The normalized spacial score (nSPS) is 19.9. The molecule has 2 aliphatic heterocycles. The van der Waals surface area contributed by atoms with Crippen molar-refractivity contribution in [3.05, 3.63) is 47.7 Å². The largest absolute Gasteiger partial charge is 0.465 e. The van der Waals surface area contributed by atoms with Crippen LogP contribution in [0.5, 0.6) is 0 Å². The van der Waals surface area contributed by atoms with Crippen molar-refractivity contribution in [1.29, 1.82) is 0 Å². The van der Waals surface area contributed by atoms with Crippen molar-refractivity contribution >= 4 is 24.0 Å². The van der Waals surface area contributed by atoms with Gasteiger partial charge in [-0.2, -0.15) is 4.98 Å². The molecule has 10 nitrogen and oxygen atoms in total. The molecule has 2 aromatic rings.